The molecule has 1 aromatic heterocycles. The Hall–Kier alpha value is -3.32. The van der Waals surface area contributed by atoms with Gasteiger partial charge in [-0.05, 0) is 67.3 Å². The lowest BCUT2D eigenvalue weighted by Gasteiger charge is -2.16. The molecule has 0 aliphatic carbocycles. The van der Waals surface area contributed by atoms with E-state index in [1.54, 1.807) is 0 Å². The second-order valence-corrected chi connectivity index (χ2v) is 8.08. The average Bonchev–Trinajstić information content (AvgIpc) is 2.94. The zero-order valence-electron chi connectivity index (χ0n) is 16.4. The Morgan fingerprint density at radius 1 is 0.571 bits per heavy atom. The molecular formula is C27H21N. The standard InChI is InChI=1S/C27H21N/c1-16-12-18(3)26-22(13-16)19-8-4-5-9-20(19)23-14-17(2)15-24-21-10-6-7-11-25(21)28(26)27(23)24/h4-15H,1-3H3. The summed E-state index contributed by atoms with van der Waals surface area (Å²) in [4.78, 5) is 0. The van der Waals surface area contributed by atoms with E-state index in [0.29, 0.717) is 0 Å². The van der Waals surface area contributed by atoms with Crippen molar-refractivity contribution >= 4 is 21.8 Å². The lowest BCUT2D eigenvalue weighted by Crippen LogP contribution is -1.99. The fourth-order valence-electron chi connectivity index (χ4n) is 5.09. The molecule has 1 nitrogen and oxygen atoms in total. The number of fused-ring (bicyclic) bond motifs is 8. The number of nitrogens with zero attached hydrogens (tertiary/aromatic N) is 1. The van der Waals surface area contributed by atoms with Gasteiger partial charge in [0.25, 0.3) is 0 Å². The number of aryl methyl sites for hydroxylation is 3. The Morgan fingerprint density at radius 2 is 1.21 bits per heavy atom. The molecule has 0 atom stereocenters. The van der Waals surface area contributed by atoms with E-state index in [1.165, 1.54) is 66.4 Å². The van der Waals surface area contributed by atoms with Crippen LogP contribution >= 0.6 is 0 Å². The molecule has 1 aliphatic rings. The Kier molecular flexibility index (Phi) is 3.01. The van der Waals surface area contributed by atoms with Gasteiger partial charge in [0.1, 0.15) is 0 Å². The van der Waals surface area contributed by atoms with Crippen LogP contribution in [0.4, 0.5) is 0 Å². The summed E-state index contributed by atoms with van der Waals surface area (Å²) >= 11 is 0. The van der Waals surface area contributed by atoms with Gasteiger partial charge in [-0.15, -0.1) is 0 Å². The van der Waals surface area contributed by atoms with E-state index in [4.69, 9.17) is 0 Å². The number of benzene rings is 4. The van der Waals surface area contributed by atoms with Crippen LogP contribution in [-0.2, 0) is 0 Å². The fourth-order valence-corrected chi connectivity index (χ4v) is 5.09. The van der Waals surface area contributed by atoms with Gasteiger partial charge in [-0.1, -0.05) is 54.1 Å². The molecular weight excluding hydrogens is 338 g/mol. The van der Waals surface area contributed by atoms with Crippen LogP contribution in [0.5, 0.6) is 0 Å². The predicted molar refractivity (Wildman–Crippen MR) is 119 cm³/mol. The topological polar surface area (TPSA) is 4.93 Å². The summed E-state index contributed by atoms with van der Waals surface area (Å²) in [5.41, 5.74) is 13.1. The molecule has 0 bridgehead atoms. The molecule has 0 spiro atoms. The minimum atomic E-state index is 1.28. The van der Waals surface area contributed by atoms with Gasteiger partial charge in [-0.25, -0.2) is 0 Å². The van der Waals surface area contributed by atoms with Crippen molar-refractivity contribution < 1.29 is 0 Å². The molecule has 1 heteroatoms. The van der Waals surface area contributed by atoms with Crippen molar-refractivity contribution in [1.29, 1.82) is 0 Å². The van der Waals surface area contributed by atoms with Gasteiger partial charge in [-0.3, -0.25) is 0 Å². The summed E-state index contributed by atoms with van der Waals surface area (Å²) in [7, 11) is 0. The summed E-state index contributed by atoms with van der Waals surface area (Å²) in [6.45, 7) is 6.65. The Balaban J connectivity index is 1.99. The van der Waals surface area contributed by atoms with Gasteiger partial charge in [0.05, 0.1) is 16.7 Å². The van der Waals surface area contributed by atoms with Crippen molar-refractivity contribution in [3.63, 3.8) is 0 Å². The van der Waals surface area contributed by atoms with Crippen LogP contribution in [0, 0.1) is 20.8 Å². The highest BCUT2D eigenvalue weighted by Crippen LogP contribution is 2.47. The summed E-state index contributed by atoms with van der Waals surface area (Å²) in [5.74, 6) is 0. The first kappa shape index (κ1) is 15.7. The van der Waals surface area contributed by atoms with E-state index in [1.807, 2.05) is 0 Å². The zero-order chi connectivity index (χ0) is 19.0. The summed E-state index contributed by atoms with van der Waals surface area (Å²) in [5, 5.41) is 2.67. The summed E-state index contributed by atoms with van der Waals surface area (Å²) in [6, 6.07) is 27.0. The highest BCUT2D eigenvalue weighted by molar-refractivity contribution is 6.16. The smallest absolute Gasteiger partial charge is 0.0620 e. The third-order valence-electron chi connectivity index (χ3n) is 6.09. The van der Waals surface area contributed by atoms with Gasteiger partial charge in [0.15, 0.2) is 0 Å². The van der Waals surface area contributed by atoms with Crippen molar-refractivity contribution in [1.82, 2.24) is 4.57 Å². The lowest BCUT2D eigenvalue weighted by atomic mass is 9.91. The molecule has 1 aliphatic heterocycles. The van der Waals surface area contributed by atoms with E-state index in [-0.39, 0.29) is 0 Å². The number of aromatic nitrogens is 1. The maximum atomic E-state index is 2.50. The van der Waals surface area contributed by atoms with Gasteiger partial charge >= 0.3 is 0 Å². The van der Waals surface area contributed by atoms with E-state index >= 15 is 0 Å². The minimum Gasteiger partial charge on any atom is -0.308 e. The largest absolute Gasteiger partial charge is 0.308 e. The van der Waals surface area contributed by atoms with Crippen LogP contribution in [0.3, 0.4) is 0 Å². The normalized spacial score (nSPS) is 12.1. The van der Waals surface area contributed by atoms with E-state index in [0.717, 1.165) is 0 Å². The Labute approximate surface area is 164 Å². The molecule has 28 heavy (non-hydrogen) atoms. The van der Waals surface area contributed by atoms with Crippen LogP contribution in [0.15, 0.2) is 72.8 Å². The van der Waals surface area contributed by atoms with Crippen LogP contribution < -0.4 is 0 Å². The van der Waals surface area contributed by atoms with E-state index in [9.17, 15) is 0 Å². The molecule has 134 valence electrons. The first-order valence-corrected chi connectivity index (χ1v) is 9.88. The Bertz CT molecular complexity index is 1430. The molecule has 0 saturated carbocycles. The first-order chi connectivity index (χ1) is 13.6. The van der Waals surface area contributed by atoms with Gasteiger partial charge in [-0.2, -0.15) is 0 Å². The molecule has 4 aromatic carbocycles. The maximum absolute atomic E-state index is 2.50. The average molecular weight is 359 g/mol. The minimum absolute atomic E-state index is 1.28. The maximum Gasteiger partial charge on any atom is 0.0620 e. The van der Waals surface area contributed by atoms with Crippen molar-refractivity contribution in [3.8, 4) is 27.9 Å². The van der Waals surface area contributed by atoms with E-state index < -0.39 is 0 Å². The number of para-hydroxylation sites is 1. The highest BCUT2D eigenvalue weighted by atomic mass is 15.0. The molecule has 0 saturated heterocycles. The molecule has 0 fully saturated rings. The number of rotatable bonds is 0. The molecule has 0 amide bonds. The zero-order valence-corrected chi connectivity index (χ0v) is 16.4. The van der Waals surface area contributed by atoms with Crippen molar-refractivity contribution in [2.75, 3.05) is 0 Å². The van der Waals surface area contributed by atoms with Crippen LogP contribution in [0.2, 0.25) is 0 Å². The van der Waals surface area contributed by atoms with Gasteiger partial charge < -0.3 is 4.57 Å². The van der Waals surface area contributed by atoms with Gasteiger partial charge in [0.2, 0.25) is 0 Å². The second kappa shape index (κ2) is 5.36. The third kappa shape index (κ3) is 1.91. The van der Waals surface area contributed by atoms with Crippen LogP contribution in [-0.4, -0.2) is 4.57 Å². The predicted octanol–water partition coefficient (Wildman–Crippen LogP) is 7.36. The van der Waals surface area contributed by atoms with E-state index in [2.05, 4.69) is 98.1 Å². The molecule has 6 rings (SSSR count). The van der Waals surface area contributed by atoms with Gasteiger partial charge in [0, 0.05) is 21.9 Å². The second-order valence-electron chi connectivity index (χ2n) is 8.08. The van der Waals surface area contributed by atoms with Crippen molar-refractivity contribution in [2.24, 2.45) is 0 Å². The third-order valence-corrected chi connectivity index (χ3v) is 6.09. The lowest BCUT2D eigenvalue weighted by molar-refractivity contribution is 1.15. The number of hydrogen-bond donors (Lipinski definition) is 0. The fraction of sp³-hybridized carbons (Fsp3) is 0.111. The highest BCUT2D eigenvalue weighted by Gasteiger charge is 2.25. The molecule has 0 N–H and O–H groups in total. The molecule has 0 radical (unpaired) electrons. The van der Waals surface area contributed by atoms with Crippen molar-refractivity contribution in [2.45, 2.75) is 20.8 Å². The quantitative estimate of drug-likeness (QED) is 0.267. The SMILES string of the molecule is Cc1cc(C)c2c(c1)-c1ccccc1-c1cc(C)cc3c4ccccc4n-2c13. The summed E-state index contributed by atoms with van der Waals surface area (Å²) < 4.78 is 2.50. The monoisotopic (exact) mass is 359 g/mol. The van der Waals surface area contributed by atoms with Crippen LogP contribution in [0.1, 0.15) is 16.7 Å². The van der Waals surface area contributed by atoms with Crippen molar-refractivity contribution in [3.05, 3.63) is 89.5 Å². The first-order valence-electron chi connectivity index (χ1n) is 9.88. The molecule has 0 unspecified atom stereocenters. The number of hydrogen-bond acceptors (Lipinski definition) is 0. The Morgan fingerprint density at radius 3 is 2.04 bits per heavy atom. The van der Waals surface area contributed by atoms with Crippen LogP contribution in [0.25, 0.3) is 49.7 Å². The molecule has 5 aromatic rings. The summed E-state index contributed by atoms with van der Waals surface area (Å²) in [6.07, 6.45) is 0. The molecule has 2 heterocycles.